The van der Waals surface area contributed by atoms with Gasteiger partial charge in [0.05, 0.1) is 17.0 Å². The lowest BCUT2D eigenvalue weighted by molar-refractivity contribution is 0.0695. The van der Waals surface area contributed by atoms with Gasteiger partial charge in [-0.15, -0.1) is 0 Å². The number of hydrogen-bond donors (Lipinski definition) is 2. The number of aliphatic hydroxyl groups is 1. The highest BCUT2D eigenvalue weighted by Gasteiger charge is 2.17. The van der Waals surface area contributed by atoms with Gasteiger partial charge < -0.3 is 19.6 Å². The number of rotatable bonds is 4. The number of fused-ring (bicyclic) bond motifs is 1. The van der Waals surface area contributed by atoms with Crippen LogP contribution in [-0.4, -0.2) is 45.3 Å². The second-order valence-electron chi connectivity index (χ2n) is 6.22. The van der Waals surface area contributed by atoms with Crippen molar-refractivity contribution in [2.45, 2.75) is 31.9 Å². The van der Waals surface area contributed by atoms with Crippen LogP contribution in [0.25, 0.3) is 10.9 Å². The van der Waals surface area contributed by atoms with Gasteiger partial charge in [0.25, 0.3) is 11.1 Å². The lowest BCUT2D eigenvalue weighted by Crippen LogP contribution is -2.39. The van der Waals surface area contributed by atoms with Gasteiger partial charge in [-0.3, -0.25) is 9.59 Å². The summed E-state index contributed by atoms with van der Waals surface area (Å²) in [4.78, 5) is 28.9. The molecule has 1 fully saturated rings. The summed E-state index contributed by atoms with van der Waals surface area (Å²) >= 11 is 0. The Hall–Kier alpha value is -2.43. The molecule has 2 aromatic rings. The predicted molar refractivity (Wildman–Crippen MR) is 89.8 cm³/mol. The third kappa shape index (κ3) is 3.40. The SMILES string of the molecule is N#Cc1cc2c(=O)n(CCCN3CCC[C@H](O)C3)ccc2[nH]c1=O. The number of piperidine rings is 1. The van der Waals surface area contributed by atoms with E-state index in [-0.39, 0.29) is 17.2 Å². The normalized spacial score (nSPS) is 18.6. The van der Waals surface area contributed by atoms with Crippen LogP contribution in [0.2, 0.25) is 0 Å². The minimum atomic E-state index is -0.481. The number of likely N-dealkylation sites (tertiary alicyclic amines) is 1. The summed E-state index contributed by atoms with van der Waals surface area (Å²) in [7, 11) is 0. The molecule has 126 valence electrons. The standard InChI is InChI=1S/C17H20N4O3/c18-10-12-9-14-15(19-16(12)23)4-8-21(17(14)24)7-2-6-20-5-1-3-13(22)11-20/h4,8-9,13,22H,1-3,5-7,11H2,(H,19,23)/t13-/m0/s1. The maximum absolute atomic E-state index is 12.5. The molecule has 24 heavy (non-hydrogen) atoms. The Morgan fingerprint density at radius 2 is 2.21 bits per heavy atom. The fourth-order valence-electron chi connectivity index (χ4n) is 3.20. The lowest BCUT2D eigenvalue weighted by atomic mass is 10.1. The maximum atomic E-state index is 12.5. The van der Waals surface area contributed by atoms with Crippen LogP contribution in [0.15, 0.2) is 27.9 Å². The molecule has 0 saturated carbocycles. The molecule has 1 atom stereocenters. The number of nitriles is 1. The highest BCUT2D eigenvalue weighted by atomic mass is 16.3. The molecule has 0 unspecified atom stereocenters. The predicted octanol–water partition coefficient (Wildman–Crippen LogP) is 0.408. The first-order valence-electron chi connectivity index (χ1n) is 8.15. The number of nitrogens with zero attached hydrogens (tertiary/aromatic N) is 3. The van der Waals surface area contributed by atoms with Crippen molar-refractivity contribution in [3.63, 3.8) is 0 Å². The Balaban J connectivity index is 1.74. The molecular weight excluding hydrogens is 308 g/mol. The zero-order chi connectivity index (χ0) is 17.1. The fourth-order valence-corrected chi connectivity index (χ4v) is 3.20. The number of nitrogens with one attached hydrogen (secondary N) is 1. The summed E-state index contributed by atoms with van der Waals surface area (Å²) < 4.78 is 1.60. The number of aliphatic hydroxyl groups excluding tert-OH is 1. The Labute approximate surface area is 138 Å². The van der Waals surface area contributed by atoms with E-state index in [1.54, 1.807) is 22.9 Å². The van der Waals surface area contributed by atoms with E-state index in [0.29, 0.717) is 24.0 Å². The monoisotopic (exact) mass is 328 g/mol. The van der Waals surface area contributed by atoms with Gasteiger partial charge in [-0.25, -0.2) is 0 Å². The first-order chi connectivity index (χ1) is 11.6. The Bertz CT molecular complexity index is 893. The molecule has 0 aliphatic carbocycles. The van der Waals surface area contributed by atoms with Crippen LogP contribution in [0.4, 0.5) is 0 Å². The number of pyridine rings is 2. The van der Waals surface area contributed by atoms with E-state index in [1.165, 1.54) is 6.07 Å². The van der Waals surface area contributed by atoms with Crippen LogP contribution in [-0.2, 0) is 6.54 Å². The number of aryl methyl sites for hydroxylation is 1. The number of hydrogen-bond acceptors (Lipinski definition) is 5. The fraction of sp³-hybridized carbons (Fsp3) is 0.471. The van der Waals surface area contributed by atoms with Crippen molar-refractivity contribution in [1.29, 1.82) is 5.26 Å². The number of H-pyrrole nitrogens is 1. The van der Waals surface area contributed by atoms with Crippen LogP contribution in [0.3, 0.4) is 0 Å². The molecule has 2 N–H and O–H groups in total. The summed E-state index contributed by atoms with van der Waals surface area (Å²) in [6, 6.07) is 4.84. The van der Waals surface area contributed by atoms with E-state index >= 15 is 0 Å². The van der Waals surface area contributed by atoms with E-state index in [4.69, 9.17) is 5.26 Å². The van der Waals surface area contributed by atoms with Crippen LogP contribution in [0, 0.1) is 11.3 Å². The van der Waals surface area contributed by atoms with E-state index in [9.17, 15) is 14.7 Å². The molecule has 0 aromatic carbocycles. The summed E-state index contributed by atoms with van der Waals surface area (Å²) in [6.45, 7) is 3.06. The maximum Gasteiger partial charge on any atom is 0.266 e. The van der Waals surface area contributed by atoms with E-state index in [1.807, 2.05) is 0 Å². The highest BCUT2D eigenvalue weighted by Crippen LogP contribution is 2.10. The molecule has 3 rings (SSSR count). The van der Waals surface area contributed by atoms with Crippen molar-refractivity contribution in [2.24, 2.45) is 0 Å². The molecule has 7 heteroatoms. The van der Waals surface area contributed by atoms with Crippen molar-refractivity contribution < 1.29 is 5.11 Å². The third-order valence-corrected chi connectivity index (χ3v) is 4.46. The lowest BCUT2D eigenvalue weighted by Gasteiger charge is -2.29. The van der Waals surface area contributed by atoms with Crippen LogP contribution >= 0.6 is 0 Å². The van der Waals surface area contributed by atoms with Gasteiger partial charge in [-0.05, 0) is 44.5 Å². The molecule has 1 aliphatic rings. The van der Waals surface area contributed by atoms with Crippen LogP contribution in [0.1, 0.15) is 24.8 Å². The molecule has 2 aromatic heterocycles. The molecule has 0 amide bonds. The second kappa shape index (κ2) is 6.99. The highest BCUT2D eigenvalue weighted by molar-refractivity contribution is 5.78. The van der Waals surface area contributed by atoms with E-state index < -0.39 is 5.56 Å². The van der Waals surface area contributed by atoms with Gasteiger partial charge in [0.15, 0.2) is 0 Å². The van der Waals surface area contributed by atoms with Crippen LogP contribution in [0.5, 0.6) is 0 Å². The van der Waals surface area contributed by atoms with Gasteiger partial charge >= 0.3 is 0 Å². The number of aromatic amines is 1. The first kappa shape index (κ1) is 16.4. The quantitative estimate of drug-likeness (QED) is 0.846. The smallest absolute Gasteiger partial charge is 0.266 e. The molecule has 1 aliphatic heterocycles. The molecule has 0 radical (unpaired) electrons. The van der Waals surface area contributed by atoms with Crippen molar-refractivity contribution in [1.82, 2.24) is 14.5 Å². The Kier molecular flexibility index (Phi) is 4.79. The summed E-state index contributed by atoms with van der Waals surface area (Å²) in [5.74, 6) is 0. The minimum Gasteiger partial charge on any atom is -0.392 e. The topological polar surface area (TPSA) is 102 Å². The summed E-state index contributed by atoms with van der Waals surface area (Å²) in [5, 5.41) is 19.0. The minimum absolute atomic E-state index is 0.0559. The van der Waals surface area contributed by atoms with Gasteiger partial charge in [-0.1, -0.05) is 0 Å². The van der Waals surface area contributed by atoms with Crippen molar-refractivity contribution in [2.75, 3.05) is 19.6 Å². The van der Waals surface area contributed by atoms with Gasteiger partial charge in [0, 0.05) is 19.3 Å². The molecule has 0 bridgehead atoms. The molecular formula is C17H20N4O3. The van der Waals surface area contributed by atoms with Crippen LogP contribution < -0.4 is 11.1 Å². The molecule has 7 nitrogen and oxygen atoms in total. The average molecular weight is 328 g/mol. The van der Waals surface area contributed by atoms with Crippen molar-refractivity contribution >= 4 is 10.9 Å². The molecule has 3 heterocycles. The largest absolute Gasteiger partial charge is 0.392 e. The van der Waals surface area contributed by atoms with Gasteiger partial charge in [0.2, 0.25) is 0 Å². The number of β-amino-alcohol motifs (C(OH)–C–C–N with tert-alkyl or cyclic N) is 1. The zero-order valence-electron chi connectivity index (χ0n) is 13.4. The van der Waals surface area contributed by atoms with E-state index in [0.717, 1.165) is 32.4 Å². The zero-order valence-corrected chi connectivity index (χ0v) is 13.4. The molecule has 0 spiro atoms. The van der Waals surface area contributed by atoms with Crippen molar-refractivity contribution in [3.05, 3.63) is 44.6 Å². The third-order valence-electron chi connectivity index (χ3n) is 4.46. The average Bonchev–Trinajstić information content (AvgIpc) is 2.57. The van der Waals surface area contributed by atoms with Gasteiger partial charge in [0.1, 0.15) is 11.6 Å². The summed E-state index contributed by atoms with van der Waals surface area (Å²) in [6.07, 6.45) is 4.08. The van der Waals surface area contributed by atoms with E-state index in [2.05, 4.69) is 9.88 Å². The molecule has 1 saturated heterocycles. The second-order valence-corrected chi connectivity index (χ2v) is 6.22. The first-order valence-corrected chi connectivity index (χ1v) is 8.15. The number of aromatic nitrogens is 2. The van der Waals surface area contributed by atoms with Gasteiger partial charge in [-0.2, -0.15) is 5.26 Å². The Morgan fingerprint density at radius 1 is 1.38 bits per heavy atom. The van der Waals surface area contributed by atoms with Crippen molar-refractivity contribution in [3.8, 4) is 6.07 Å². The summed E-state index contributed by atoms with van der Waals surface area (Å²) in [5.41, 5.74) is -0.302. The Morgan fingerprint density at radius 3 is 2.96 bits per heavy atom.